The van der Waals surface area contributed by atoms with Crippen molar-refractivity contribution < 1.29 is 0 Å². The van der Waals surface area contributed by atoms with Gasteiger partial charge >= 0.3 is 0 Å². The van der Waals surface area contributed by atoms with Crippen LogP contribution in [0.1, 0.15) is 24.0 Å². The van der Waals surface area contributed by atoms with Crippen molar-refractivity contribution >= 4 is 0 Å². The highest BCUT2D eigenvalue weighted by Crippen LogP contribution is 2.09. The van der Waals surface area contributed by atoms with Crippen molar-refractivity contribution in [2.75, 3.05) is 7.05 Å². The first-order chi connectivity index (χ1) is 7.26. The van der Waals surface area contributed by atoms with Crippen LogP contribution in [0.15, 0.2) is 36.9 Å². The molecule has 0 radical (unpaired) electrons. The molecule has 15 heavy (non-hydrogen) atoms. The molecule has 82 valence electrons. The van der Waals surface area contributed by atoms with Crippen molar-refractivity contribution in [3.05, 3.63) is 48.0 Å². The molecule has 1 aromatic rings. The summed E-state index contributed by atoms with van der Waals surface area (Å²) in [5.41, 5.74) is 2.75. The molecule has 1 aromatic carbocycles. The summed E-state index contributed by atoms with van der Waals surface area (Å²) in [5.74, 6) is 0. The fraction of sp³-hybridized carbons (Fsp3) is 0.429. The Bertz CT molecular complexity index is 287. The van der Waals surface area contributed by atoms with Crippen molar-refractivity contribution in [2.24, 2.45) is 0 Å². The van der Waals surface area contributed by atoms with Gasteiger partial charge in [0.05, 0.1) is 0 Å². The van der Waals surface area contributed by atoms with Gasteiger partial charge in [0.25, 0.3) is 0 Å². The maximum atomic E-state index is 3.78. The van der Waals surface area contributed by atoms with Gasteiger partial charge in [0, 0.05) is 6.04 Å². The van der Waals surface area contributed by atoms with E-state index in [-0.39, 0.29) is 0 Å². The lowest BCUT2D eigenvalue weighted by Gasteiger charge is -2.13. The Morgan fingerprint density at radius 2 is 2.00 bits per heavy atom. The molecule has 0 aliphatic heterocycles. The molecule has 0 aliphatic rings. The van der Waals surface area contributed by atoms with Gasteiger partial charge in [-0.2, -0.15) is 0 Å². The van der Waals surface area contributed by atoms with E-state index >= 15 is 0 Å². The second-order valence-corrected chi connectivity index (χ2v) is 4.03. The van der Waals surface area contributed by atoms with Gasteiger partial charge in [-0.25, -0.2) is 0 Å². The largest absolute Gasteiger partial charge is 0.317 e. The lowest BCUT2D eigenvalue weighted by molar-refractivity contribution is 0.528. The Hall–Kier alpha value is -1.08. The molecule has 1 nitrogen and oxygen atoms in total. The summed E-state index contributed by atoms with van der Waals surface area (Å²) in [5, 5.41) is 3.31. The third-order valence-corrected chi connectivity index (χ3v) is 2.76. The SMILES string of the molecule is C=CCC(CCc1ccc(C)cc1)NC. The minimum atomic E-state index is 0.559. The molecule has 0 spiro atoms. The summed E-state index contributed by atoms with van der Waals surface area (Å²) in [6.07, 6.45) is 5.34. The van der Waals surface area contributed by atoms with E-state index in [4.69, 9.17) is 0 Å². The second-order valence-electron chi connectivity index (χ2n) is 4.03. The average Bonchev–Trinajstić information content (AvgIpc) is 2.26. The molecule has 1 rings (SSSR count). The second kappa shape index (κ2) is 6.41. The van der Waals surface area contributed by atoms with E-state index < -0.39 is 0 Å². The van der Waals surface area contributed by atoms with Crippen LogP contribution in [0.4, 0.5) is 0 Å². The van der Waals surface area contributed by atoms with Gasteiger partial charge in [0.1, 0.15) is 0 Å². The summed E-state index contributed by atoms with van der Waals surface area (Å²) in [4.78, 5) is 0. The normalized spacial score (nSPS) is 12.4. The third-order valence-electron chi connectivity index (χ3n) is 2.76. The number of rotatable bonds is 6. The summed E-state index contributed by atoms with van der Waals surface area (Å²) in [6, 6.07) is 9.35. The Kier molecular flexibility index (Phi) is 5.13. The van der Waals surface area contributed by atoms with Crippen molar-refractivity contribution in [3.8, 4) is 0 Å². The van der Waals surface area contributed by atoms with Crippen LogP contribution in [0.2, 0.25) is 0 Å². The van der Waals surface area contributed by atoms with Gasteiger partial charge in [-0.3, -0.25) is 0 Å². The van der Waals surface area contributed by atoms with Crippen LogP contribution in [-0.2, 0) is 6.42 Å². The van der Waals surface area contributed by atoms with Crippen molar-refractivity contribution in [1.29, 1.82) is 0 Å². The first kappa shape index (κ1) is 12.0. The molecule has 0 fully saturated rings. The lowest BCUT2D eigenvalue weighted by Crippen LogP contribution is -2.24. The number of nitrogens with one attached hydrogen (secondary N) is 1. The summed E-state index contributed by atoms with van der Waals surface area (Å²) < 4.78 is 0. The smallest absolute Gasteiger partial charge is 0.0102 e. The van der Waals surface area contributed by atoms with Crippen LogP contribution in [0.3, 0.4) is 0 Å². The Balaban J connectivity index is 2.41. The van der Waals surface area contributed by atoms with Gasteiger partial charge in [-0.15, -0.1) is 6.58 Å². The summed E-state index contributed by atoms with van der Waals surface area (Å²) in [7, 11) is 2.02. The molecule has 1 N–H and O–H groups in total. The standard InChI is InChI=1S/C14H21N/c1-4-5-14(15-3)11-10-13-8-6-12(2)7-9-13/h4,6-9,14-15H,1,5,10-11H2,2-3H3. The highest BCUT2D eigenvalue weighted by molar-refractivity contribution is 5.21. The van der Waals surface area contributed by atoms with Crippen LogP contribution >= 0.6 is 0 Å². The number of hydrogen-bond donors (Lipinski definition) is 1. The number of benzene rings is 1. The molecular weight excluding hydrogens is 182 g/mol. The van der Waals surface area contributed by atoms with Gasteiger partial charge in [0.2, 0.25) is 0 Å². The van der Waals surface area contributed by atoms with E-state index in [2.05, 4.69) is 43.1 Å². The molecule has 0 amide bonds. The predicted molar refractivity (Wildman–Crippen MR) is 67.2 cm³/mol. The number of aryl methyl sites for hydroxylation is 2. The van der Waals surface area contributed by atoms with Crippen LogP contribution in [0.5, 0.6) is 0 Å². The van der Waals surface area contributed by atoms with Gasteiger partial charge < -0.3 is 5.32 Å². The predicted octanol–water partition coefficient (Wildman–Crippen LogP) is 3.09. The fourth-order valence-corrected chi connectivity index (χ4v) is 1.68. The molecular formula is C14H21N. The minimum Gasteiger partial charge on any atom is -0.317 e. The highest BCUT2D eigenvalue weighted by atomic mass is 14.9. The first-order valence-electron chi connectivity index (χ1n) is 5.60. The van der Waals surface area contributed by atoms with Crippen molar-refractivity contribution in [3.63, 3.8) is 0 Å². The monoisotopic (exact) mass is 203 g/mol. The lowest BCUT2D eigenvalue weighted by atomic mass is 10.0. The molecule has 0 aromatic heterocycles. The first-order valence-corrected chi connectivity index (χ1v) is 5.60. The molecule has 0 saturated carbocycles. The maximum absolute atomic E-state index is 3.78. The zero-order valence-corrected chi connectivity index (χ0v) is 9.79. The highest BCUT2D eigenvalue weighted by Gasteiger charge is 2.03. The molecule has 0 heterocycles. The average molecular weight is 203 g/mol. The minimum absolute atomic E-state index is 0.559. The van der Waals surface area contributed by atoms with Crippen LogP contribution in [0.25, 0.3) is 0 Å². The summed E-state index contributed by atoms with van der Waals surface area (Å²) in [6.45, 7) is 5.90. The van der Waals surface area contributed by atoms with Crippen LogP contribution in [-0.4, -0.2) is 13.1 Å². The molecule has 0 saturated heterocycles. The molecule has 1 heteroatoms. The third kappa shape index (κ3) is 4.30. The van der Waals surface area contributed by atoms with Crippen LogP contribution < -0.4 is 5.32 Å². The maximum Gasteiger partial charge on any atom is 0.0102 e. The molecule has 0 bridgehead atoms. The van der Waals surface area contributed by atoms with E-state index in [1.165, 1.54) is 17.5 Å². The van der Waals surface area contributed by atoms with E-state index in [9.17, 15) is 0 Å². The van der Waals surface area contributed by atoms with Gasteiger partial charge in [0.15, 0.2) is 0 Å². The van der Waals surface area contributed by atoms with E-state index in [1.807, 2.05) is 13.1 Å². The Morgan fingerprint density at radius 3 is 2.53 bits per heavy atom. The van der Waals surface area contributed by atoms with Crippen molar-refractivity contribution in [1.82, 2.24) is 5.32 Å². The summed E-state index contributed by atoms with van der Waals surface area (Å²) >= 11 is 0. The Labute approximate surface area is 93.2 Å². The van der Waals surface area contributed by atoms with E-state index in [0.29, 0.717) is 6.04 Å². The molecule has 1 atom stereocenters. The zero-order valence-electron chi connectivity index (χ0n) is 9.79. The molecule has 1 unspecified atom stereocenters. The zero-order chi connectivity index (χ0) is 11.1. The van der Waals surface area contributed by atoms with Gasteiger partial charge in [-0.1, -0.05) is 35.9 Å². The van der Waals surface area contributed by atoms with E-state index in [0.717, 1.165) is 12.8 Å². The topological polar surface area (TPSA) is 12.0 Å². The number of hydrogen-bond acceptors (Lipinski definition) is 1. The van der Waals surface area contributed by atoms with Crippen molar-refractivity contribution in [2.45, 2.75) is 32.2 Å². The molecule has 0 aliphatic carbocycles. The van der Waals surface area contributed by atoms with E-state index in [1.54, 1.807) is 0 Å². The van der Waals surface area contributed by atoms with Crippen LogP contribution in [0, 0.1) is 6.92 Å². The quantitative estimate of drug-likeness (QED) is 0.701. The Morgan fingerprint density at radius 1 is 1.33 bits per heavy atom. The fourth-order valence-electron chi connectivity index (χ4n) is 1.68. The van der Waals surface area contributed by atoms with Gasteiger partial charge in [-0.05, 0) is 38.8 Å².